The van der Waals surface area contributed by atoms with E-state index in [-0.39, 0.29) is 12.7 Å². The molecule has 5 nitrogen and oxygen atoms in total. The number of carbonyl (C=O) groups excluding carboxylic acids is 1. The summed E-state index contributed by atoms with van der Waals surface area (Å²) in [7, 11) is 0. The standard InChI is InChI=1S/C14H11BrN2O3S/c1-8-2-10(6-21-8)14(18)17-16-5-9-3-12-13(4-11(9)15)20-7-19-12/h2-6H,7H2,1H3,(H,17,18)/b16-5-. The molecule has 0 atom stereocenters. The van der Waals surface area contributed by atoms with Gasteiger partial charge < -0.3 is 9.47 Å². The van der Waals surface area contributed by atoms with Crippen molar-refractivity contribution in [3.05, 3.63) is 44.1 Å². The number of fused-ring (bicyclic) bond motifs is 1. The van der Waals surface area contributed by atoms with Gasteiger partial charge in [0.25, 0.3) is 5.91 Å². The normalized spacial score (nSPS) is 12.9. The van der Waals surface area contributed by atoms with Crippen molar-refractivity contribution in [2.24, 2.45) is 5.10 Å². The van der Waals surface area contributed by atoms with E-state index in [1.807, 2.05) is 19.1 Å². The van der Waals surface area contributed by atoms with Crippen LogP contribution in [0.15, 0.2) is 33.2 Å². The zero-order valence-corrected chi connectivity index (χ0v) is 13.5. The molecule has 21 heavy (non-hydrogen) atoms. The molecule has 7 heteroatoms. The lowest BCUT2D eigenvalue weighted by molar-refractivity contribution is 0.0955. The minimum absolute atomic E-state index is 0.219. The van der Waals surface area contributed by atoms with Gasteiger partial charge in [0, 0.05) is 20.3 Å². The summed E-state index contributed by atoms with van der Waals surface area (Å²) in [5.74, 6) is 1.13. The molecule has 0 aliphatic carbocycles. The summed E-state index contributed by atoms with van der Waals surface area (Å²) in [6.45, 7) is 2.17. The lowest BCUT2D eigenvalue weighted by atomic mass is 10.2. The molecule has 1 aliphatic heterocycles. The number of nitrogens with zero attached hydrogens (tertiary/aromatic N) is 1. The SMILES string of the molecule is Cc1cc(C(=O)N/N=C\c2cc3c(cc2Br)OCO3)cs1. The van der Waals surface area contributed by atoms with E-state index in [0.29, 0.717) is 17.1 Å². The highest BCUT2D eigenvalue weighted by molar-refractivity contribution is 9.10. The van der Waals surface area contributed by atoms with Crippen LogP contribution in [-0.2, 0) is 0 Å². The molecule has 2 aromatic rings. The summed E-state index contributed by atoms with van der Waals surface area (Å²) in [4.78, 5) is 12.9. The van der Waals surface area contributed by atoms with Crippen LogP contribution in [0.3, 0.4) is 0 Å². The summed E-state index contributed by atoms with van der Waals surface area (Å²) in [6, 6.07) is 5.44. The van der Waals surface area contributed by atoms with Gasteiger partial charge in [0.15, 0.2) is 11.5 Å². The van der Waals surface area contributed by atoms with Crippen molar-refractivity contribution in [3.8, 4) is 11.5 Å². The van der Waals surface area contributed by atoms with Gasteiger partial charge in [0.2, 0.25) is 6.79 Å². The van der Waals surface area contributed by atoms with Crippen LogP contribution in [0, 0.1) is 6.92 Å². The second-order valence-corrected chi connectivity index (χ2v) is 6.34. The lowest BCUT2D eigenvalue weighted by Crippen LogP contribution is -2.16. The van der Waals surface area contributed by atoms with Gasteiger partial charge >= 0.3 is 0 Å². The third-order valence-corrected chi connectivity index (χ3v) is 4.40. The fourth-order valence-corrected chi connectivity index (χ4v) is 2.93. The number of hydrazone groups is 1. The third kappa shape index (κ3) is 3.08. The van der Waals surface area contributed by atoms with Crippen molar-refractivity contribution in [3.63, 3.8) is 0 Å². The fourth-order valence-electron chi connectivity index (χ4n) is 1.82. The van der Waals surface area contributed by atoms with E-state index in [9.17, 15) is 4.79 Å². The number of rotatable bonds is 3. The van der Waals surface area contributed by atoms with E-state index in [2.05, 4.69) is 26.5 Å². The first-order chi connectivity index (χ1) is 10.1. The van der Waals surface area contributed by atoms with Gasteiger partial charge in [0.05, 0.1) is 11.8 Å². The summed E-state index contributed by atoms with van der Waals surface area (Å²) in [5, 5.41) is 5.77. The van der Waals surface area contributed by atoms with Crippen molar-refractivity contribution in [1.82, 2.24) is 5.43 Å². The maximum Gasteiger partial charge on any atom is 0.272 e. The van der Waals surface area contributed by atoms with Crippen LogP contribution in [-0.4, -0.2) is 18.9 Å². The van der Waals surface area contributed by atoms with Crippen LogP contribution in [0.4, 0.5) is 0 Å². The van der Waals surface area contributed by atoms with Gasteiger partial charge in [-0.3, -0.25) is 4.79 Å². The second-order valence-electron chi connectivity index (χ2n) is 4.37. The number of benzene rings is 1. The first-order valence-electron chi connectivity index (χ1n) is 6.11. The minimum Gasteiger partial charge on any atom is -0.454 e. The van der Waals surface area contributed by atoms with Gasteiger partial charge in [-0.1, -0.05) is 0 Å². The van der Waals surface area contributed by atoms with E-state index in [0.717, 1.165) is 14.9 Å². The molecule has 0 saturated heterocycles. The first kappa shape index (κ1) is 14.1. The Kier molecular flexibility index (Phi) is 3.94. The first-order valence-corrected chi connectivity index (χ1v) is 7.78. The number of nitrogens with one attached hydrogen (secondary N) is 1. The molecule has 1 aliphatic rings. The van der Waals surface area contributed by atoms with Crippen LogP contribution in [0.25, 0.3) is 0 Å². The number of amides is 1. The highest BCUT2D eigenvalue weighted by Gasteiger charge is 2.15. The molecule has 0 spiro atoms. The summed E-state index contributed by atoms with van der Waals surface area (Å²) in [6.07, 6.45) is 1.56. The molecule has 1 N–H and O–H groups in total. The average Bonchev–Trinajstić information content (AvgIpc) is 3.07. The van der Waals surface area contributed by atoms with Gasteiger partial charge in [0.1, 0.15) is 0 Å². The van der Waals surface area contributed by atoms with Crippen molar-refractivity contribution < 1.29 is 14.3 Å². The molecule has 0 radical (unpaired) electrons. The molecule has 1 aromatic heterocycles. The topological polar surface area (TPSA) is 59.9 Å². The van der Waals surface area contributed by atoms with Crippen LogP contribution < -0.4 is 14.9 Å². The summed E-state index contributed by atoms with van der Waals surface area (Å²) >= 11 is 4.96. The fraction of sp³-hybridized carbons (Fsp3) is 0.143. The van der Waals surface area contributed by atoms with E-state index in [1.54, 1.807) is 17.7 Å². The number of hydrogen-bond acceptors (Lipinski definition) is 5. The van der Waals surface area contributed by atoms with E-state index in [1.165, 1.54) is 11.3 Å². The molecule has 0 saturated carbocycles. The Hall–Kier alpha value is -1.86. The van der Waals surface area contributed by atoms with Crippen LogP contribution in [0.1, 0.15) is 20.8 Å². The maximum atomic E-state index is 11.8. The zero-order chi connectivity index (χ0) is 14.8. The zero-order valence-electron chi connectivity index (χ0n) is 11.1. The Morgan fingerprint density at radius 3 is 2.86 bits per heavy atom. The van der Waals surface area contributed by atoms with Crippen LogP contribution in [0.5, 0.6) is 11.5 Å². The molecule has 0 unspecified atom stereocenters. The molecule has 3 rings (SSSR count). The number of ether oxygens (including phenoxy) is 2. The molecule has 108 valence electrons. The van der Waals surface area contributed by atoms with Gasteiger partial charge in [-0.2, -0.15) is 5.10 Å². The lowest BCUT2D eigenvalue weighted by Gasteiger charge is -2.01. The van der Waals surface area contributed by atoms with E-state index in [4.69, 9.17) is 9.47 Å². The predicted octanol–water partition coefficient (Wildman–Crippen LogP) is 3.31. The molecule has 0 bridgehead atoms. The number of thiophene rings is 1. The van der Waals surface area contributed by atoms with Gasteiger partial charge in [-0.05, 0) is 41.1 Å². The molecular formula is C14H11BrN2O3S. The van der Waals surface area contributed by atoms with Crippen molar-refractivity contribution in [2.45, 2.75) is 6.92 Å². The Balaban J connectivity index is 1.70. The maximum absolute atomic E-state index is 11.8. The van der Waals surface area contributed by atoms with E-state index < -0.39 is 0 Å². The molecule has 0 fully saturated rings. The summed E-state index contributed by atoms with van der Waals surface area (Å²) < 4.78 is 11.4. The van der Waals surface area contributed by atoms with Crippen LogP contribution >= 0.6 is 27.3 Å². The Morgan fingerprint density at radius 1 is 1.38 bits per heavy atom. The molecule has 2 heterocycles. The van der Waals surface area contributed by atoms with Gasteiger partial charge in [-0.15, -0.1) is 11.3 Å². The summed E-state index contributed by atoms with van der Waals surface area (Å²) in [5.41, 5.74) is 3.90. The Labute approximate surface area is 133 Å². The Bertz CT molecular complexity index is 727. The monoisotopic (exact) mass is 366 g/mol. The highest BCUT2D eigenvalue weighted by Crippen LogP contribution is 2.36. The number of aryl methyl sites for hydroxylation is 1. The molecule has 1 amide bonds. The second kappa shape index (κ2) is 5.87. The molecule has 1 aromatic carbocycles. The minimum atomic E-state index is -0.229. The van der Waals surface area contributed by atoms with Crippen LogP contribution in [0.2, 0.25) is 0 Å². The number of carbonyl (C=O) groups is 1. The number of hydrogen-bond donors (Lipinski definition) is 1. The smallest absolute Gasteiger partial charge is 0.272 e. The third-order valence-electron chi connectivity index (χ3n) is 2.85. The van der Waals surface area contributed by atoms with E-state index >= 15 is 0 Å². The molecular weight excluding hydrogens is 356 g/mol. The predicted molar refractivity (Wildman–Crippen MR) is 84.4 cm³/mol. The average molecular weight is 367 g/mol. The Morgan fingerprint density at radius 2 is 2.14 bits per heavy atom. The highest BCUT2D eigenvalue weighted by atomic mass is 79.9. The van der Waals surface area contributed by atoms with Crippen molar-refractivity contribution >= 4 is 39.4 Å². The quantitative estimate of drug-likeness (QED) is 0.669. The van der Waals surface area contributed by atoms with Crippen molar-refractivity contribution in [2.75, 3.05) is 6.79 Å². The largest absolute Gasteiger partial charge is 0.454 e. The van der Waals surface area contributed by atoms with Crippen molar-refractivity contribution in [1.29, 1.82) is 0 Å². The van der Waals surface area contributed by atoms with Gasteiger partial charge in [-0.25, -0.2) is 5.43 Å². The number of halogens is 1.